The fraction of sp³-hybridized carbons (Fsp3) is 0.231. The largest absolute Gasteiger partial charge is 0.465 e. The van der Waals surface area contributed by atoms with Crippen molar-refractivity contribution in [2.45, 2.75) is 19.5 Å². The molecule has 18 heavy (non-hydrogen) atoms. The highest BCUT2D eigenvalue weighted by molar-refractivity contribution is 5.86. The van der Waals surface area contributed by atoms with Crippen LogP contribution in [0.2, 0.25) is 0 Å². The van der Waals surface area contributed by atoms with E-state index in [4.69, 9.17) is 5.11 Å². The molecule has 0 spiro atoms. The fourth-order valence-corrected chi connectivity index (χ4v) is 2.68. The van der Waals surface area contributed by atoms with E-state index < -0.39 is 6.09 Å². The molecule has 1 aliphatic rings. The van der Waals surface area contributed by atoms with Crippen molar-refractivity contribution in [3.05, 3.63) is 45.7 Å². The molecule has 5 heteroatoms. The molecule has 0 fully saturated rings. The molecule has 1 aromatic carbocycles. The van der Waals surface area contributed by atoms with E-state index >= 15 is 0 Å². The van der Waals surface area contributed by atoms with Gasteiger partial charge in [-0.15, -0.1) is 0 Å². The number of pyridine rings is 1. The second kappa shape index (κ2) is 3.60. The predicted octanol–water partition coefficient (Wildman–Crippen LogP) is 1.63. The molecule has 2 aromatic rings. The van der Waals surface area contributed by atoms with Crippen molar-refractivity contribution in [1.29, 1.82) is 0 Å². The van der Waals surface area contributed by atoms with Gasteiger partial charge < -0.3 is 15.0 Å². The highest BCUT2D eigenvalue weighted by atomic mass is 16.4. The smallest absolute Gasteiger partial charge is 0.405 e. The van der Waals surface area contributed by atoms with E-state index in [2.05, 4.69) is 5.32 Å². The molecular weight excluding hydrogens is 232 g/mol. The van der Waals surface area contributed by atoms with Gasteiger partial charge in [-0.3, -0.25) is 4.79 Å². The summed E-state index contributed by atoms with van der Waals surface area (Å²) >= 11 is 0. The van der Waals surface area contributed by atoms with E-state index in [9.17, 15) is 9.59 Å². The first-order valence-corrected chi connectivity index (χ1v) is 5.70. The van der Waals surface area contributed by atoms with Gasteiger partial charge in [0.25, 0.3) is 5.56 Å². The molecule has 1 unspecified atom stereocenters. The molecule has 0 aliphatic carbocycles. The average molecular weight is 244 g/mol. The van der Waals surface area contributed by atoms with Crippen LogP contribution in [-0.4, -0.2) is 15.8 Å². The average Bonchev–Trinajstić information content (AvgIpc) is 2.67. The first kappa shape index (κ1) is 10.8. The SMILES string of the molecule is Cc1ccc2ccc(=O)n3c2c1C(NC(=O)O)C3. The summed E-state index contributed by atoms with van der Waals surface area (Å²) in [7, 11) is 0. The highest BCUT2D eigenvalue weighted by Crippen LogP contribution is 2.33. The van der Waals surface area contributed by atoms with Gasteiger partial charge in [-0.05, 0) is 23.9 Å². The Morgan fingerprint density at radius 2 is 2.11 bits per heavy atom. The lowest BCUT2D eigenvalue weighted by atomic mass is 10.0. The lowest BCUT2D eigenvalue weighted by molar-refractivity contribution is 0.189. The van der Waals surface area contributed by atoms with Crippen LogP contribution in [0.25, 0.3) is 10.9 Å². The summed E-state index contributed by atoms with van der Waals surface area (Å²) in [6, 6.07) is 6.85. The number of benzene rings is 1. The second-order valence-electron chi connectivity index (χ2n) is 4.52. The van der Waals surface area contributed by atoms with Crippen LogP contribution in [0, 0.1) is 6.92 Å². The van der Waals surface area contributed by atoms with Crippen LogP contribution in [-0.2, 0) is 6.54 Å². The summed E-state index contributed by atoms with van der Waals surface area (Å²) in [5, 5.41) is 12.3. The van der Waals surface area contributed by atoms with Gasteiger partial charge in [0.1, 0.15) is 0 Å². The monoisotopic (exact) mass is 244 g/mol. The molecule has 0 saturated carbocycles. The molecule has 1 amide bonds. The van der Waals surface area contributed by atoms with E-state index in [0.29, 0.717) is 6.54 Å². The Bertz CT molecular complexity index is 718. The van der Waals surface area contributed by atoms with E-state index in [1.165, 1.54) is 6.07 Å². The summed E-state index contributed by atoms with van der Waals surface area (Å²) in [5.41, 5.74) is 2.66. The van der Waals surface area contributed by atoms with E-state index in [-0.39, 0.29) is 11.6 Å². The third-order valence-corrected chi connectivity index (χ3v) is 3.42. The number of carbonyl (C=O) groups is 1. The quantitative estimate of drug-likeness (QED) is 0.801. The van der Waals surface area contributed by atoms with Gasteiger partial charge in [0.2, 0.25) is 0 Å². The summed E-state index contributed by atoms with van der Waals surface area (Å²) in [6.07, 6.45) is -1.07. The van der Waals surface area contributed by atoms with E-state index in [0.717, 1.165) is 22.0 Å². The lowest BCUT2D eigenvalue weighted by Crippen LogP contribution is -2.28. The van der Waals surface area contributed by atoms with E-state index in [1.54, 1.807) is 10.6 Å². The second-order valence-corrected chi connectivity index (χ2v) is 4.52. The Labute approximate surface area is 103 Å². The number of hydrogen-bond donors (Lipinski definition) is 2. The minimum Gasteiger partial charge on any atom is -0.465 e. The van der Waals surface area contributed by atoms with Gasteiger partial charge in [0.05, 0.1) is 18.1 Å². The molecule has 2 heterocycles. The Hall–Kier alpha value is -2.30. The third kappa shape index (κ3) is 1.40. The lowest BCUT2D eigenvalue weighted by Gasteiger charge is -2.12. The van der Waals surface area contributed by atoms with Crippen molar-refractivity contribution >= 4 is 17.0 Å². The molecule has 5 nitrogen and oxygen atoms in total. The molecule has 1 aromatic heterocycles. The van der Waals surface area contributed by atoms with Crippen LogP contribution in [0.1, 0.15) is 17.2 Å². The van der Waals surface area contributed by atoms with Crippen molar-refractivity contribution in [1.82, 2.24) is 9.88 Å². The number of nitrogens with zero attached hydrogens (tertiary/aromatic N) is 1. The van der Waals surface area contributed by atoms with Gasteiger partial charge in [0.15, 0.2) is 0 Å². The molecule has 0 saturated heterocycles. The van der Waals surface area contributed by atoms with Crippen molar-refractivity contribution in [2.75, 3.05) is 0 Å². The number of amides is 1. The van der Waals surface area contributed by atoms with Crippen LogP contribution < -0.4 is 10.9 Å². The third-order valence-electron chi connectivity index (χ3n) is 3.42. The number of nitrogens with one attached hydrogen (secondary N) is 1. The predicted molar refractivity (Wildman–Crippen MR) is 66.8 cm³/mol. The van der Waals surface area contributed by atoms with Gasteiger partial charge in [0, 0.05) is 11.6 Å². The maximum Gasteiger partial charge on any atom is 0.405 e. The van der Waals surface area contributed by atoms with Gasteiger partial charge in [-0.25, -0.2) is 4.79 Å². The summed E-state index contributed by atoms with van der Waals surface area (Å²) in [6.45, 7) is 2.29. The Balaban J connectivity index is 2.31. The number of hydrogen-bond acceptors (Lipinski definition) is 2. The number of rotatable bonds is 1. The van der Waals surface area contributed by atoms with Gasteiger partial charge >= 0.3 is 6.09 Å². The van der Waals surface area contributed by atoms with Gasteiger partial charge in [-0.2, -0.15) is 0 Å². The zero-order valence-electron chi connectivity index (χ0n) is 9.80. The zero-order chi connectivity index (χ0) is 12.9. The standard InChI is InChI=1S/C13H12N2O3/c1-7-2-3-8-4-5-10(16)15-6-9(14-13(17)18)11(7)12(8)15/h2-5,9,14H,6H2,1H3,(H,17,18). The van der Waals surface area contributed by atoms with Crippen LogP contribution >= 0.6 is 0 Å². The minimum absolute atomic E-state index is 0.0935. The normalized spacial score (nSPS) is 17.1. The molecule has 1 aliphatic heterocycles. The van der Waals surface area contributed by atoms with Crippen LogP contribution in [0.4, 0.5) is 4.79 Å². The minimum atomic E-state index is -1.07. The summed E-state index contributed by atoms with van der Waals surface area (Å²) in [5.74, 6) is 0. The van der Waals surface area contributed by atoms with Crippen LogP contribution in [0.3, 0.4) is 0 Å². The first-order chi connectivity index (χ1) is 8.58. The van der Waals surface area contributed by atoms with Gasteiger partial charge in [-0.1, -0.05) is 12.1 Å². The Kier molecular flexibility index (Phi) is 2.16. The molecule has 0 bridgehead atoms. The summed E-state index contributed by atoms with van der Waals surface area (Å²) < 4.78 is 1.64. The number of aromatic nitrogens is 1. The molecule has 92 valence electrons. The van der Waals surface area contributed by atoms with Crippen LogP contribution in [0.5, 0.6) is 0 Å². The van der Waals surface area contributed by atoms with Crippen molar-refractivity contribution in [3.63, 3.8) is 0 Å². The highest BCUT2D eigenvalue weighted by Gasteiger charge is 2.27. The van der Waals surface area contributed by atoms with Crippen molar-refractivity contribution in [3.8, 4) is 0 Å². The molecule has 2 N–H and O–H groups in total. The summed E-state index contributed by atoms with van der Waals surface area (Å²) in [4.78, 5) is 22.7. The zero-order valence-corrected chi connectivity index (χ0v) is 9.80. The maximum atomic E-state index is 11.8. The molecule has 1 atom stereocenters. The Morgan fingerprint density at radius 1 is 1.39 bits per heavy atom. The number of carboxylic acid groups (broad SMARTS) is 1. The molecular formula is C13H12N2O3. The number of aryl methyl sites for hydroxylation is 1. The topological polar surface area (TPSA) is 71.3 Å². The maximum absolute atomic E-state index is 11.8. The van der Waals surface area contributed by atoms with Crippen LogP contribution in [0.15, 0.2) is 29.1 Å². The Morgan fingerprint density at radius 3 is 2.83 bits per heavy atom. The fourth-order valence-electron chi connectivity index (χ4n) is 2.68. The van der Waals surface area contributed by atoms with Crippen molar-refractivity contribution < 1.29 is 9.90 Å². The molecule has 3 rings (SSSR count). The molecule has 0 radical (unpaired) electrons. The van der Waals surface area contributed by atoms with E-state index in [1.807, 2.05) is 19.1 Å². The van der Waals surface area contributed by atoms with Crippen molar-refractivity contribution in [2.24, 2.45) is 0 Å². The first-order valence-electron chi connectivity index (χ1n) is 5.70.